The van der Waals surface area contributed by atoms with Crippen LogP contribution in [0.4, 0.5) is 0 Å². The second-order valence-electron chi connectivity index (χ2n) is 8.33. The first-order valence-electron chi connectivity index (χ1n) is 11.2. The van der Waals surface area contributed by atoms with Crippen LogP contribution in [0.25, 0.3) is 10.9 Å². The molecule has 9 nitrogen and oxygen atoms in total. The second-order valence-corrected chi connectivity index (χ2v) is 10.7. The van der Waals surface area contributed by atoms with Gasteiger partial charge in [-0.2, -0.15) is 4.31 Å². The fourth-order valence-electron chi connectivity index (χ4n) is 4.11. The summed E-state index contributed by atoms with van der Waals surface area (Å²) in [5.41, 5.74) is 1.06. The molecule has 1 aliphatic heterocycles. The van der Waals surface area contributed by atoms with Crippen LogP contribution >= 0.6 is 11.6 Å². The summed E-state index contributed by atoms with van der Waals surface area (Å²) in [5.74, 6) is 2.07. The van der Waals surface area contributed by atoms with Gasteiger partial charge in [0.2, 0.25) is 16.8 Å². The molecule has 5 rings (SSSR count). The standard InChI is InChI=1S/C26H23ClN2O7S/c1-33-23-11-17-10-18(26(30)28-21(17)12-24(23)34-2)14-29(37(31,32)20-6-4-19(27)5-7-20)13-16-3-8-22-25(9-16)36-15-35-22/h3-12H,13-15H2,1-2H3,(H,28,30). The minimum atomic E-state index is -4.02. The average Bonchev–Trinajstić information content (AvgIpc) is 3.36. The van der Waals surface area contributed by atoms with Crippen molar-refractivity contribution in [2.45, 2.75) is 18.0 Å². The van der Waals surface area contributed by atoms with Crippen LogP contribution in [0, 0.1) is 0 Å². The normalized spacial score (nSPS) is 12.8. The highest BCUT2D eigenvalue weighted by atomic mass is 35.5. The van der Waals surface area contributed by atoms with E-state index in [2.05, 4.69) is 4.98 Å². The third-order valence-corrected chi connectivity index (χ3v) is 8.08. The molecule has 0 bridgehead atoms. The highest BCUT2D eigenvalue weighted by molar-refractivity contribution is 7.89. The number of nitrogens with zero attached hydrogens (tertiary/aromatic N) is 1. The van der Waals surface area contributed by atoms with Gasteiger partial charge in [-0.25, -0.2) is 8.42 Å². The van der Waals surface area contributed by atoms with Crippen LogP contribution in [-0.4, -0.2) is 38.7 Å². The summed E-state index contributed by atoms with van der Waals surface area (Å²) in [7, 11) is -0.995. The van der Waals surface area contributed by atoms with E-state index >= 15 is 0 Å². The third kappa shape index (κ3) is 4.95. The summed E-state index contributed by atoms with van der Waals surface area (Å²) in [6, 6.07) is 16.2. The lowest BCUT2D eigenvalue weighted by molar-refractivity contribution is 0.174. The van der Waals surface area contributed by atoms with E-state index in [1.807, 2.05) is 0 Å². The Morgan fingerprint density at radius 3 is 2.35 bits per heavy atom. The highest BCUT2D eigenvalue weighted by Crippen LogP contribution is 2.34. The monoisotopic (exact) mass is 542 g/mol. The largest absolute Gasteiger partial charge is 0.493 e. The number of aromatic amines is 1. The van der Waals surface area contributed by atoms with Gasteiger partial charge in [-0.1, -0.05) is 17.7 Å². The number of nitrogens with one attached hydrogen (secondary N) is 1. The topological polar surface area (TPSA) is 107 Å². The summed E-state index contributed by atoms with van der Waals surface area (Å²) in [6.07, 6.45) is 0. The minimum absolute atomic E-state index is 0.00892. The molecular formula is C26H23ClN2O7S. The summed E-state index contributed by atoms with van der Waals surface area (Å²) in [5, 5.41) is 1.08. The van der Waals surface area contributed by atoms with E-state index in [4.69, 9.17) is 30.5 Å². The van der Waals surface area contributed by atoms with Crippen LogP contribution in [0.5, 0.6) is 23.0 Å². The Bertz CT molecular complexity index is 1640. The first-order chi connectivity index (χ1) is 17.8. The molecule has 0 atom stereocenters. The Hall–Kier alpha value is -3.73. The van der Waals surface area contributed by atoms with E-state index in [0.29, 0.717) is 44.5 Å². The van der Waals surface area contributed by atoms with Gasteiger partial charge in [-0.15, -0.1) is 0 Å². The van der Waals surface area contributed by atoms with Crippen LogP contribution in [0.3, 0.4) is 0 Å². The number of ether oxygens (including phenoxy) is 4. The molecule has 0 amide bonds. The molecule has 0 fully saturated rings. The number of halogens is 1. The maximum atomic E-state index is 13.7. The van der Waals surface area contributed by atoms with Crippen molar-refractivity contribution >= 4 is 32.5 Å². The van der Waals surface area contributed by atoms with Crippen LogP contribution in [-0.2, 0) is 23.1 Å². The molecule has 3 aromatic carbocycles. The Morgan fingerprint density at radius 1 is 0.919 bits per heavy atom. The lowest BCUT2D eigenvalue weighted by Gasteiger charge is -2.23. The lowest BCUT2D eigenvalue weighted by atomic mass is 10.1. The van der Waals surface area contributed by atoms with Gasteiger partial charge < -0.3 is 23.9 Å². The predicted molar refractivity (Wildman–Crippen MR) is 138 cm³/mol. The summed E-state index contributed by atoms with van der Waals surface area (Å²) in [4.78, 5) is 15.9. The van der Waals surface area contributed by atoms with E-state index in [9.17, 15) is 13.2 Å². The summed E-state index contributed by atoms with van der Waals surface area (Å²) in [6.45, 7) is -0.0870. The number of fused-ring (bicyclic) bond motifs is 2. The van der Waals surface area contributed by atoms with E-state index in [1.165, 1.54) is 42.8 Å². The average molecular weight is 543 g/mol. The Kier molecular flexibility index (Phi) is 6.72. The lowest BCUT2D eigenvalue weighted by Crippen LogP contribution is -2.32. The van der Waals surface area contributed by atoms with Crippen molar-refractivity contribution in [2.75, 3.05) is 21.0 Å². The fourth-order valence-corrected chi connectivity index (χ4v) is 5.64. The zero-order chi connectivity index (χ0) is 26.2. The maximum absolute atomic E-state index is 13.7. The molecule has 1 aliphatic rings. The number of pyridine rings is 1. The van der Waals surface area contributed by atoms with Crippen LogP contribution in [0.15, 0.2) is 70.4 Å². The van der Waals surface area contributed by atoms with Gasteiger partial charge in [0.25, 0.3) is 5.56 Å². The molecule has 0 unspecified atom stereocenters. The van der Waals surface area contributed by atoms with Crippen molar-refractivity contribution in [3.8, 4) is 23.0 Å². The van der Waals surface area contributed by atoms with Crippen molar-refractivity contribution in [3.05, 3.63) is 87.2 Å². The van der Waals surface area contributed by atoms with Crippen LogP contribution in [0.1, 0.15) is 11.1 Å². The van der Waals surface area contributed by atoms with E-state index < -0.39 is 15.6 Å². The van der Waals surface area contributed by atoms with Gasteiger partial charge in [0, 0.05) is 35.1 Å². The molecular weight excluding hydrogens is 520 g/mol. The number of methoxy groups -OCH3 is 2. The number of hydrogen-bond acceptors (Lipinski definition) is 7. The molecule has 0 saturated carbocycles. The molecule has 0 saturated heterocycles. The molecule has 11 heteroatoms. The Labute approximate surface area is 218 Å². The van der Waals surface area contributed by atoms with Crippen molar-refractivity contribution in [1.29, 1.82) is 0 Å². The smallest absolute Gasteiger partial charge is 0.252 e. The SMILES string of the molecule is COc1cc2cc(CN(Cc3ccc4c(c3)OCO4)S(=O)(=O)c3ccc(Cl)cc3)c(=O)[nH]c2cc1OC. The van der Waals surface area contributed by atoms with Gasteiger partial charge in [-0.3, -0.25) is 4.79 Å². The number of benzene rings is 3. The fraction of sp³-hybridized carbons (Fsp3) is 0.192. The molecule has 0 spiro atoms. The first kappa shape index (κ1) is 24.9. The Balaban J connectivity index is 1.56. The summed E-state index contributed by atoms with van der Waals surface area (Å²) < 4.78 is 50.2. The predicted octanol–water partition coefficient (Wildman–Crippen LogP) is 4.32. The van der Waals surface area contributed by atoms with Gasteiger partial charge >= 0.3 is 0 Å². The van der Waals surface area contributed by atoms with Crippen LogP contribution in [0.2, 0.25) is 5.02 Å². The third-order valence-electron chi connectivity index (χ3n) is 6.02. The minimum Gasteiger partial charge on any atom is -0.493 e. The molecule has 4 aromatic rings. The number of rotatable bonds is 8. The molecule has 192 valence electrons. The first-order valence-corrected chi connectivity index (χ1v) is 13.0. The highest BCUT2D eigenvalue weighted by Gasteiger charge is 2.27. The molecule has 0 aliphatic carbocycles. The number of H-pyrrole nitrogens is 1. The van der Waals surface area contributed by atoms with E-state index in [1.54, 1.807) is 36.4 Å². The van der Waals surface area contributed by atoms with Gasteiger partial charge in [0.15, 0.2) is 23.0 Å². The zero-order valence-electron chi connectivity index (χ0n) is 20.0. The van der Waals surface area contributed by atoms with Crippen molar-refractivity contribution in [3.63, 3.8) is 0 Å². The summed E-state index contributed by atoms with van der Waals surface area (Å²) >= 11 is 5.98. The van der Waals surface area contributed by atoms with Crippen LogP contribution < -0.4 is 24.5 Å². The quantitative estimate of drug-likeness (QED) is 0.353. The van der Waals surface area contributed by atoms with Crippen molar-refractivity contribution < 1.29 is 27.4 Å². The van der Waals surface area contributed by atoms with E-state index in [-0.39, 0.29) is 30.3 Å². The molecule has 1 aromatic heterocycles. The molecule has 0 radical (unpaired) electrons. The molecule has 2 heterocycles. The number of sulfonamides is 1. The maximum Gasteiger partial charge on any atom is 0.252 e. The van der Waals surface area contributed by atoms with Gasteiger partial charge in [0.05, 0.1) is 24.6 Å². The van der Waals surface area contributed by atoms with Gasteiger partial charge in [-0.05, 0) is 54.1 Å². The van der Waals surface area contributed by atoms with Gasteiger partial charge in [0.1, 0.15) is 0 Å². The zero-order valence-corrected chi connectivity index (χ0v) is 21.6. The number of hydrogen-bond donors (Lipinski definition) is 1. The van der Waals surface area contributed by atoms with E-state index in [0.717, 1.165) is 0 Å². The molecule has 1 N–H and O–H groups in total. The Morgan fingerprint density at radius 2 is 1.62 bits per heavy atom. The number of aromatic nitrogens is 1. The molecule has 37 heavy (non-hydrogen) atoms. The second kappa shape index (κ2) is 9.97. The van der Waals surface area contributed by atoms with Crippen molar-refractivity contribution in [1.82, 2.24) is 9.29 Å². The van der Waals surface area contributed by atoms with Crippen molar-refractivity contribution in [2.24, 2.45) is 0 Å².